The molecule has 1 aliphatic rings. The molecular formula is C16H23BrClNO2. The first kappa shape index (κ1) is 17.1. The van der Waals surface area contributed by atoms with Gasteiger partial charge in [-0.05, 0) is 67.7 Å². The van der Waals surface area contributed by atoms with Crippen LogP contribution in [0.25, 0.3) is 0 Å². The summed E-state index contributed by atoms with van der Waals surface area (Å²) in [5, 5.41) is 4.18. The van der Waals surface area contributed by atoms with Gasteiger partial charge in [-0.3, -0.25) is 0 Å². The fourth-order valence-electron chi connectivity index (χ4n) is 2.25. The third-order valence-electron chi connectivity index (χ3n) is 3.37. The van der Waals surface area contributed by atoms with E-state index in [1.165, 1.54) is 0 Å². The lowest BCUT2D eigenvalue weighted by atomic mass is 10.1. The third kappa shape index (κ3) is 5.78. The minimum absolute atomic E-state index is 0.131. The van der Waals surface area contributed by atoms with Crippen molar-refractivity contribution < 1.29 is 9.47 Å². The predicted octanol–water partition coefficient (Wildman–Crippen LogP) is 4.42. The summed E-state index contributed by atoms with van der Waals surface area (Å²) in [6.07, 6.45) is 2.58. The lowest BCUT2D eigenvalue weighted by Gasteiger charge is -2.23. The Balaban J connectivity index is 1.75. The van der Waals surface area contributed by atoms with Crippen LogP contribution in [0.4, 0.5) is 0 Å². The van der Waals surface area contributed by atoms with Gasteiger partial charge < -0.3 is 14.8 Å². The van der Waals surface area contributed by atoms with Gasteiger partial charge in [0.15, 0.2) is 0 Å². The first-order valence-electron chi connectivity index (χ1n) is 7.32. The van der Waals surface area contributed by atoms with Crippen molar-refractivity contribution in [2.75, 3.05) is 13.2 Å². The van der Waals surface area contributed by atoms with E-state index in [0.29, 0.717) is 11.6 Å². The van der Waals surface area contributed by atoms with Crippen LogP contribution in [0.2, 0.25) is 5.02 Å². The average Bonchev–Trinajstić information content (AvgIpc) is 2.82. The first-order valence-corrected chi connectivity index (χ1v) is 8.49. The van der Waals surface area contributed by atoms with Crippen LogP contribution in [0.5, 0.6) is 5.75 Å². The van der Waals surface area contributed by atoms with E-state index in [4.69, 9.17) is 21.1 Å². The molecule has 5 heteroatoms. The number of ether oxygens (including phenoxy) is 2. The molecule has 1 aromatic rings. The van der Waals surface area contributed by atoms with Crippen LogP contribution < -0.4 is 10.1 Å². The Morgan fingerprint density at radius 2 is 2.05 bits per heavy atom. The lowest BCUT2D eigenvalue weighted by Crippen LogP contribution is -2.41. The van der Waals surface area contributed by atoms with E-state index in [-0.39, 0.29) is 17.7 Å². The summed E-state index contributed by atoms with van der Waals surface area (Å²) >= 11 is 9.37. The van der Waals surface area contributed by atoms with Crippen LogP contribution in [-0.2, 0) is 4.74 Å². The fourth-order valence-corrected chi connectivity index (χ4v) is 3.04. The van der Waals surface area contributed by atoms with Crippen LogP contribution in [-0.4, -0.2) is 30.9 Å². The molecule has 1 aliphatic heterocycles. The number of nitrogens with one attached hydrogen (secondary N) is 1. The maximum Gasteiger partial charge on any atom is 0.133 e. The van der Waals surface area contributed by atoms with Gasteiger partial charge in [-0.25, -0.2) is 0 Å². The molecule has 1 heterocycles. The Kier molecular flexibility index (Phi) is 5.95. The molecule has 1 aromatic carbocycles. The van der Waals surface area contributed by atoms with E-state index in [1.807, 2.05) is 18.2 Å². The lowest BCUT2D eigenvalue weighted by molar-refractivity contribution is 0.0160. The van der Waals surface area contributed by atoms with Gasteiger partial charge in [-0.1, -0.05) is 11.6 Å². The smallest absolute Gasteiger partial charge is 0.133 e. The summed E-state index contributed by atoms with van der Waals surface area (Å²) in [6.45, 7) is 7.97. The van der Waals surface area contributed by atoms with Crippen molar-refractivity contribution >= 4 is 27.5 Å². The molecule has 118 valence electrons. The van der Waals surface area contributed by atoms with E-state index in [9.17, 15) is 0 Å². The van der Waals surface area contributed by atoms with Gasteiger partial charge in [0.25, 0.3) is 0 Å². The molecule has 1 fully saturated rings. The van der Waals surface area contributed by atoms with Gasteiger partial charge in [0.05, 0.1) is 16.7 Å². The molecule has 0 radical (unpaired) electrons. The molecule has 2 unspecified atom stereocenters. The second-order valence-electron chi connectivity index (χ2n) is 6.47. The summed E-state index contributed by atoms with van der Waals surface area (Å²) in [6, 6.07) is 5.54. The molecule has 3 nitrogen and oxygen atoms in total. The largest absolute Gasteiger partial charge is 0.490 e. The number of benzene rings is 1. The average molecular weight is 377 g/mol. The van der Waals surface area contributed by atoms with E-state index < -0.39 is 0 Å². The van der Waals surface area contributed by atoms with Crippen molar-refractivity contribution in [1.82, 2.24) is 5.32 Å². The van der Waals surface area contributed by atoms with Gasteiger partial charge in [0.1, 0.15) is 12.4 Å². The van der Waals surface area contributed by atoms with Gasteiger partial charge in [0, 0.05) is 17.1 Å². The van der Waals surface area contributed by atoms with Crippen LogP contribution in [0.1, 0.15) is 33.6 Å². The van der Waals surface area contributed by atoms with E-state index in [0.717, 1.165) is 29.6 Å². The molecule has 1 N–H and O–H groups in total. The number of hydrogen-bond acceptors (Lipinski definition) is 3. The number of halogens is 2. The summed E-state index contributed by atoms with van der Waals surface area (Å²) in [5.41, 5.74) is 0.131. The van der Waals surface area contributed by atoms with Crippen molar-refractivity contribution in [3.8, 4) is 5.75 Å². The SMILES string of the molecule is CC(C)(C)NCC1CCC(COc2ccc(Cl)cc2Br)O1. The highest BCUT2D eigenvalue weighted by atomic mass is 79.9. The summed E-state index contributed by atoms with van der Waals surface area (Å²) < 4.78 is 12.7. The van der Waals surface area contributed by atoms with Crippen LogP contribution >= 0.6 is 27.5 Å². The molecule has 2 atom stereocenters. The minimum Gasteiger partial charge on any atom is -0.490 e. The molecule has 2 rings (SSSR count). The monoisotopic (exact) mass is 375 g/mol. The van der Waals surface area contributed by atoms with Crippen molar-refractivity contribution in [3.63, 3.8) is 0 Å². The molecular weight excluding hydrogens is 354 g/mol. The maximum atomic E-state index is 6.01. The first-order chi connectivity index (χ1) is 9.83. The van der Waals surface area contributed by atoms with Gasteiger partial charge in [-0.15, -0.1) is 0 Å². The summed E-state index contributed by atoms with van der Waals surface area (Å²) in [5.74, 6) is 0.805. The number of rotatable bonds is 5. The molecule has 0 saturated carbocycles. The highest BCUT2D eigenvalue weighted by Gasteiger charge is 2.26. The Hall–Kier alpha value is -0.290. The van der Waals surface area contributed by atoms with E-state index in [2.05, 4.69) is 42.0 Å². The molecule has 0 amide bonds. The highest BCUT2D eigenvalue weighted by Crippen LogP contribution is 2.29. The van der Waals surface area contributed by atoms with Crippen molar-refractivity contribution in [2.45, 2.75) is 51.4 Å². The van der Waals surface area contributed by atoms with Crippen LogP contribution in [0.3, 0.4) is 0 Å². The zero-order valence-corrected chi connectivity index (χ0v) is 15.1. The Bertz CT molecular complexity index is 476. The Labute approximate surface area is 140 Å². The standard InChI is InChI=1S/C16H23BrClNO2/c1-16(2,3)19-9-12-5-6-13(21-12)10-20-15-7-4-11(18)8-14(15)17/h4,7-8,12-13,19H,5-6,9-10H2,1-3H3. The maximum absolute atomic E-state index is 6.01. The summed E-state index contributed by atoms with van der Waals surface area (Å²) in [7, 11) is 0. The summed E-state index contributed by atoms with van der Waals surface area (Å²) in [4.78, 5) is 0. The van der Waals surface area contributed by atoms with Crippen LogP contribution in [0, 0.1) is 0 Å². The molecule has 0 aromatic heterocycles. The van der Waals surface area contributed by atoms with Gasteiger partial charge >= 0.3 is 0 Å². The second kappa shape index (κ2) is 7.32. The molecule has 1 saturated heterocycles. The molecule has 0 aliphatic carbocycles. The minimum atomic E-state index is 0.131. The Morgan fingerprint density at radius 1 is 1.33 bits per heavy atom. The zero-order valence-electron chi connectivity index (χ0n) is 12.8. The molecule has 0 bridgehead atoms. The Morgan fingerprint density at radius 3 is 2.71 bits per heavy atom. The van der Waals surface area contributed by atoms with Crippen molar-refractivity contribution in [3.05, 3.63) is 27.7 Å². The second-order valence-corrected chi connectivity index (χ2v) is 7.76. The van der Waals surface area contributed by atoms with Crippen molar-refractivity contribution in [2.24, 2.45) is 0 Å². The highest BCUT2D eigenvalue weighted by molar-refractivity contribution is 9.10. The third-order valence-corrected chi connectivity index (χ3v) is 4.23. The topological polar surface area (TPSA) is 30.5 Å². The van der Waals surface area contributed by atoms with Crippen LogP contribution in [0.15, 0.2) is 22.7 Å². The fraction of sp³-hybridized carbons (Fsp3) is 0.625. The molecule has 0 spiro atoms. The normalized spacial score (nSPS) is 22.5. The van der Waals surface area contributed by atoms with E-state index in [1.54, 1.807) is 0 Å². The van der Waals surface area contributed by atoms with Gasteiger partial charge in [-0.2, -0.15) is 0 Å². The molecule has 21 heavy (non-hydrogen) atoms. The van der Waals surface area contributed by atoms with Gasteiger partial charge in [0.2, 0.25) is 0 Å². The quantitative estimate of drug-likeness (QED) is 0.825. The van der Waals surface area contributed by atoms with E-state index >= 15 is 0 Å². The van der Waals surface area contributed by atoms with Crippen molar-refractivity contribution in [1.29, 1.82) is 0 Å². The number of hydrogen-bond donors (Lipinski definition) is 1. The zero-order chi connectivity index (χ0) is 15.5. The predicted molar refractivity (Wildman–Crippen MR) is 90.3 cm³/mol.